The number of aliphatic hydroxyl groups is 2. The highest BCUT2D eigenvalue weighted by Crippen LogP contribution is 2.28. The SMILES string of the molecule is Oc1cccc2c1C[C@H](O)[C@@H](O)C2. The predicted molar refractivity (Wildman–Crippen MR) is 47.5 cm³/mol. The molecule has 0 amide bonds. The molecule has 0 heterocycles. The van der Waals surface area contributed by atoms with Gasteiger partial charge in [-0.25, -0.2) is 0 Å². The number of aromatic hydroxyl groups is 1. The van der Waals surface area contributed by atoms with E-state index in [1.165, 1.54) is 0 Å². The molecule has 3 N–H and O–H groups in total. The molecule has 3 heteroatoms. The molecule has 2 rings (SSSR count). The molecular weight excluding hydrogens is 168 g/mol. The van der Waals surface area contributed by atoms with Crippen molar-refractivity contribution in [3.05, 3.63) is 29.3 Å². The van der Waals surface area contributed by atoms with Crippen LogP contribution >= 0.6 is 0 Å². The monoisotopic (exact) mass is 180 g/mol. The van der Waals surface area contributed by atoms with Crippen LogP contribution in [-0.2, 0) is 12.8 Å². The molecule has 1 aliphatic carbocycles. The van der Waals surface area contributed by atoms with Gasteiger partial charge in [0, 0.05) is 12.8 Å². The van der Waals surface area contributed by atoms with Crippen LogP contribution in [-0.4, -0.2) is 27.5 Å². The first-order valence-electron chi connectivity index (χ1n) is 4.34. The summed E-state index contributed by atoms with van der Waals surface area (Å²) in [5.74, 6) is 0.212. The van der Waals surface area contributed by atoms with E-state index in [0.717, 1.165) is 11.1 Å². The second-order valence-corrected chi connectivity index (χ2v) is 3.46. The number of hydrogen-bond acceptors (Lipinski definition) is 3. The van der Waals surface area contributed by atoms with Gasteiger partial charge < -0.3 is 15.3 Å². The van der Waals surface area contributed by atoms with Crippen molar-refractivity contribution >= 4 is 0 Å². The maximum Gasteiger partial charge on any atom is 0.119 e. The fourth-order valence-corrected chi connectivity index (χ4v) is 1.75. The van der Waals surface area contributed by atoms with E-state index >= 15 is 0 Å². The van der Waals surface area contributed by atoms with Crippen LogP contribution in [0.1, 0.15) is 11.1 Å². The maximum absolute atomic E-state index is 9.47. The summed E-state index contributed by atoms with van der Waals surface area (Å²) < 4.78 is 0. The van der Waals surface area contributed by atoms with E-state index in [1.54, 1.807) is 12.1 Å². The van der Waals surface area contributed by atoms with Gasteiger partial charge in [0.2, 0.25) is 0 Å². The highest BCUT2D eigenvalue weighted by molar-refractivity contribution is 5.41. The molecule has 0 unspecified atom stereocenters. The molecule has 13 heavy (non-hydrogen) atoms. The first kappa shape index (κ1) is 8.53. The smallest absolute Gasteiger partial charge is 0.119 e. The van der Waals surface area contributed by atoms with Gasteiger partial charge in [-0.2, -0.15) is 0 Å². The molecule has 2 atom stereocenters. The number of benzene rings is 1. The third kappa shape index (κ3) is 1.41. The molecule has 0 saturated carbocycles. The summed E-state index contributed by atoms with van der Waals surface area (Å²) in [6, 6.07) is 5.21. The largest absolute Gasteiger partial charge is 0.508 e. The number of rotatable bonds is 0. The lowest BCUT2D eigenvalue weighted by atomic mass is 9.87. The molecule has 1 aromatic rings. The van der Waals surface area contributed by atoms with Gasteiger partial charge in [0.25, 0.3) is 0 Å². The average molecular weight is 180 g/mol. The van der Waals surface area contributed by atoms with E-state index in [0.29, 0.717) is 12.8 Å². The van der Waals surface area contributed by atoms with E-state index in [-0.39, 0.29) is 5.75 Å². The molecular formula is C10H12O3. The van der Waals surface area contributed by atoms with E-state index in [9.17, 15) is 15.3 Å². The maximum atomic E-state index is 9.47. The lowest BCUT2D eigenvalue weighted by Gasteiger charge is -2.26. The lowest BCUT2D eigenvalue weighted by molar-refractivity contribution is 0.0137. The molecule has 0 fully saturated rings. The highest BCUT2D eigenvalue weighted by atomic mass is 16.3. The number of phenols is 1. The van der Waals surface area contributed by atoms with Crippen molar-refractivity contribution in [3.63, 3.8) is 0 Å². The molecule has 0 aliphatic heterocycles. The lowest BCUT2D eigenvalue weighted by Crippen LogP contribution is -2.34. The van der Waals surface area contributed by atoms with Gasteiger partial charge in [-0.1, -0.05) is 12.1 Å². The van der Waals surface area contributed by atoms with Crippen LogP contribution in [0.3, 0.4) is 0 Å². The van der Waals surface area contributed by atoms with Gasteiger partial charge >= 0.3 is 0 Å². The van der Waals surface area contributed by atoms with Gasteiger partial charge in [0.05, 0.1) is 12.2 Å². The first-order chi connectivity index (χ1) is 6.18. The van der Waals surface area contributed by atoms with Crippen LogP contribution in [0.4, 0.5) is 0 Å². The zero-order valence-corrected chi connectivity index (χ0v) is 7.14. The van der Waals surface area contributed by atoms with Crippen LogP contribution in [0.15, 0.2) is 18.2 Å². The Bertz CT molecular complexity index is 322. The molecule has 0 spiro atoms. The van der Waals surface area contributed by atoms with Crippen molar-refractivity contribution < 1.29 is 15.3 Å². The van der Waals surface area contributed by atoms with Gasteiger partial charge in [-0.15, -0.1) is 0 Å². The van der Waals surface area contributed by atoms with Crippen LogP contribution in [0.2, 0.25) is 0 Å². The summed E-state index contributed by atoms with van der Waals surface area (Å²) in [4.78, 5) is 0. The van der Waals surface area contributed by atoms with Crippen LogP contribution in [0.25, 0.3) is 0 Å². The Morgan fingerprint density at radius 1 is 1.08 bits per heavy atom. The Morgan fingerprint density at radius 3 is 2.54 bits per heavy atom. The van der Waals surface area contributed by atoms with E-state index in [4.69, 9.17) is 0 Å². The second kappa shape index (κ2) is 3.01. The van der Waals surface area contributed by atoms with Crippen molar-refractivity contribution in [1.82, 2.24) is 0 Å². The third-order valence-electron chi connectivity index (χ3n) is 2.53. The van der Waals surface area contributed by atoms with Crippen LogP contribution in [0, 0.1) is 0 Å². The van der Waals surface area contributed by atoms with E-state index in [2.05, 4.69) is 0 Å². The Kier molecular flexibility index (Phi) is 1.98. The fourth-order valence-electron chi connectivity index (χ4n) is 1.75. The minimum absolute atomic E-state index is 0.212. The standard InChI is InChI=1S/C10H12O3/c11-8-3-1-2-6-4-9(12)10(13)5-7(6)8/h1-3,9-13H,4-5H2/t9-,10-/m0/s1. The number of aliphatic hydroxyl groups excluding tert-OH is 2. The summed E-state index contributed by atoms with van der Waals surface area (Å²) in [5, 5.41) is 28.2. The summed E-state index contributed by atoms with van der Waals surface area (Å²) in [6.45, 7) is 0. The zero-order valence-electron chi connectivity index (χ0n) is 7.14. The zero-order chi connectivity index (χ0) is 9.42. The minimum atomic E-state index is -0.749. The molecule has 0 saturated heterocycles. The summed E-state index contributed by atoms with van der Waals surface area (Å²) in [6.07, 6.45) is -0.691. The van der Waals surface area contributed by atoms with Gasteiger partial charge in [-0.05, 0) is 17.2 Å². The number of phenolic OH excluding ortho intramolecular Hbond substituents is 1. The molecule has 1 aliphatic rings. The topological polar surface area (TPSA) is 60.7 Å². The van der Waals surface area contributed by atoms with Crippen LogP contribution < -0.4 is 0 Å². The van der Waals surface area contributed by atoms with E-state index in [1.807, 2.05) is 6.07 Å². The molecule has 0 radical (unpaired) electrons. The quantitative estimate of drug-likeness (QED) is 0.535. The van der Waals surface area contributed by atoms with Crippen molar-refractivity contribution in [2.24, 2.45) is 0 Å². The summed E-state index contributed by atoms with van der Waals surface area (Å²) in [5.41, 5.74) is 1.69. The van der Waals surface area contributed by atoms with Crippen molar-refractivity contribution in [2.75, 3.05) is 0 Å². The third-order valence-corrected chi connectivity index (χ3v) is 2.53. The van der Waals surface area contributed by atoms with Gasteiger partial charge in [-0.3, -0.25) is 0 Å². The Labute approximate surface area is 76.3 Å². The summed E-state index contributed by atoms with van der Waals surface area (Å²) in [7, 11) is 0. The van der Waals surface area contributed by atoms with E-state index < -0.39 is 12.2 Å². The highest BCUT2D eigenvalue weighted by Gasteiger charge is 2.26. The van der Waals surface area contributed by atoms with Gasteiger partial charge in [0.15, 0.2) is 0 Å². The molecule has 0 aromatic heterocycles. The number of hydrogen-bond donors (Lipinski definition) is 3. The van der Waals surface area contributed by atoms with Crippen molar-refractivity contribution in [1.29, 1.82) is 0 Å². The van der Waals surface area contributed by atoms with Gasteiger partial charge in [0.1, 0.15) is 5.75 Å². The Morgan fingerprint density at radius 2 is 1.77 bits per heavy atom. The molecule has 70 valence electrons. The Hall–Kier alpha value is -1.06. The minimum Gasteiger partial charge on any atom is -0.508 e. The molecule has 1 aromatic carbocycles. The number of fused-ring (bicyclic) bond motifs is 1. The fraction of sp³-hybridized carbons (Fsp3) is 0.400. The normalized spacial score (nSPS) is 26.9. The van der Waals surface area contributed by atoms with Crippen molar-refractivity contribution in [3.8, 4) is 5.75 Å². The second-order valence-electron chi connectivity index (χ2n) is 3.46. The molecule has 3 nitrogen and oxygen atoms in total. The van der Waals surface area contributed by atoms with Crippen molar-refractivity contribution in [2.45, 2.75) is 25.0 Å². The Balaban J connectivity index is 2.42. The summed E-state index contributed by atoms with van der Waals surface area (Å²) >= 11 is 0. The van der Waals surface area contributed by atoms with Crippen LogP contribution in [0.5, 0.6) is 5.75 Å². The molecule has 0 bridgehead atoms. The first-order valence-corrected chi connectivity index (χ1v) is 4.34. The average Bonchev–Trinajstić information content (AvgIpc) is 2.09. The predicted octanol–water partition coefficient (Wildman–Crippen LogP) is 0.213.